The molecule has 2 nitrogen and oxygen atoms in total. The number of carboxylic acid groups (broad SMARTS) is 1. The van der Waals surface area contributed by atoms with Crippen molar-refractivity contribution in [3.8, 4) is 0 Å². The number of aliphatic carboxylic acids is 1. The SMILES string of the molecule is Cc1ccc([C@@H](C)C(=O)O)cc1. The summed E-state index contributed by atoms with van der Waals surface area (Å²) >= 11 is 0. The molecule has 0 aliphatic rings. The first kappa shape index (κ1) is 8.78. The van der Waals surface area contributed by atoms with E-state index in [2.05, 4.69) is 0 Å². The fourth-order valence-electron chi connectivity index (χ4n) is 0.998. The van der Waals surface area contributed by atoms with Gasteiger partial charge in [-0.05, 0) is 19.4 Å². The lowest BCUT2D eigenvalue weighted by Gasteiger charge is -2.05. The summed E-state index contributed by atoms with van der Waals surface area (Å²) in [5.41, 5.74) is 2.00. The van der Waals surface area contributed by atoms with E-state index >= 15 is 0 Å². The van der Waals surface area contributed by atoms with Crippen molar-refractivity contribution in [1.29, 1.82) is 0 Å². The lowest BCUT2D eigenvalue weighted by molar-refractivity contribution is -0.138. The molecule has 0 aliphatic carbocycles. The Bertz CT molecular complexity index is 274. The second kappa shape index (κ2) is 3.39. The lowest BCUT2D eigenvalue weighted by Crippen LogP contribution is -2.06. The molecule has 2 heteroatoms. The number of hydrogen-bond donors (Lipinski definition) is 1. The topological polar surface area (TPSA) is 37.3 Å². The van der Waals surface area contributed by atoms with Crippen LogP contribution in [0.3, 0.4) is 0 Å². The maximum atomic E-state index is 10.6. The highest BCUT2D eigenvalue weighted by Gasteiger charge is 2.12. The highest BCUT2D eigenvalue weighted by molar-refractivity contribution is 5.75. The predicted molar refractivity (Wildman–Crippen MR) is 47.2 cm³/mol. The van der Waals surface area contributed by atoms with E-state index in [-0.39, 0.29) is 0 Å². The number of aryl methyl sites for hydroxylation is 1. The largest absolute Gasteiger partial charge is 0.481 e. The van der Waals surface area contributed by atoms with E-state index in [0.717, 1.165) is 11.1 Å². The van der Waals surface area contributed by atoms with Crippen molar-refractivity contribution in [3.05, 3.63) is 35.4 Å². The van der Waals surface area contributed by atoms with Crippen molar-refractivity contribution in [2.24, 2.45) is 0 Å². The second-order valence-electron chi connectivity index (χ2n) is 2.97. The minimum absolute atomic E-state index is 0.411. The third kappa shape index (κ3) is 1.84. The maximum Gasteiger partial charge on any atom is 0.310 e. The summed E-state index contributed by atoms with van der Waals surface area (Å²) in [5.74, 6) is -1.19. The van der Waals surface area contributed by atoms with Crippen LogP contribution in [-0.2, 0) is 4.79 Å². The van der Waals surface area contributed by atoms with Crippen molar-refractivity contribution in [2.75, 3.05) is 0 Å². The number of carboxylic acids is 1. The van der Waals surface area contributed by atoms with Gasteiger partial charge in [0.15, 0.2) is 0 Å². The van der Waals surface area contributed by atoms with Crippen LogP contribution in [0.2, 0.25) is 0 Å². The summed E-state index contributed by atoms with van der Waals surface area (Å²) in [6.45, 7) is 3.67. The van der Waals surface area contributed by atoms with Gasteiger partial charge in [-0.3, -0.25) is 4.79 Å². The Kier molecular flexibility index (Phi) is 2.48. The molecule has 0 bridgehead atoms. The van der Waals surface area contributed by atoms with Crippen molar-refractivity contribution in [3.63, 3.8) is 0 Å². The summed E-state index contributed by atoms with van der Waals surface area (Å²) in [5, 5.41) is 8.70. The molecule has 64 valence electrons. The average Bonchev–Trinajstić information content (AvgIpc) is 2.04. The highest BCUT2D eigenvalue weighted by Crippen LogP contribution is 2.15. The van der Waals surface area contributed by atoms with Crippen LogP contribution >= 0.6 is 0 Å². The third-order valence-electron chi connectivity index (χ3n) is 1.95. The molecule has 12 heavy (non-hydrogen) atoms. The van der Waals surface area contributed by atoms with Crippen LogP contribution in [0, 0.1) is 6.92 Å². The Labute approximate surface area is 71.8 Å². The normalized spacial score (nSPS) is 12.5. The molecule has 0 aromatic heterocycles. The minimum Gasteiger partial charge on any atom is -0.481 e. The van der Waals surface area contributed by atoms with E-state index < -0.39 is 11.9 Å². The van der Waals surface area contributed by atoms with Crippen LogP contribution in [0.1, 0.15) is 24.0 Å². The van der Waals surface area contributed by atoms with E-state index in [1.807, 2.05) is 31.2 Å². The molecule has 0 spiro atoms. The Hall–Kier alpha value is -1.31. The van der Waals surface area contributed by atoms with Gasteiger partial charge in [-0.1, -0.05) is 29.8 Å². The first-order chi connectivity index (χ1) is 5.61. The van der Waals surface area contributed by atoms with Crippen LogP contribution in [0.5, 0.6) is 0 Å². The van der Waals surface area contributed by atoms with Gasteiger partial charge in [0.1, 0.15) is 0 Å². The van der Waals surface area contributed by atoms with Gasteiger partial charge in [0.05, 0.1) is 5.92 Å². The van der Waals surface area contributed by atoms with Crippen LogP contribution in [-0.4, -0.2) is 11.1 Å². The van der Waals surface area contributed by atoms with E-state index in [4.69, 9.17) is 5.11 Å². The monoisotopic (exact) mass is 164 g/mol. The molecule has 0 fully saturated rings. The standard InChI is InChI=1S/C10H12O2/c1-7-3-5-9(6-4-7)8(2)10(11)12/h3-6,8H,1-2H3,(H,11,12)/t8-/m1/s1. The Morgan fingerprint density at radius 3 is 2.25 bits per heavy atom. The molecular weight excluding hydrogens is 152 g/mol. The molecular formula is C10H12O2. The molecule has 0 amide bonds. The zero-order valence-corrected chi connectivity index (χ0v) is 7.24. The molecule has 0 aliphatic heterocycles. The Balaban J connectivity index is 2.89. The molecule has 0 saturated carbocycles. The Morgan fingerprint density at radius 1 is 1.33 bits per heavy atom. The van der Waals surface area contributed by atoms with Gasteiger partial charge in [-0.25, -0.2) is 0 Å². The fraction of sp³-hybridized carbons (Fsp3) is 0.300. The molecule has 0 radical (unpaired) electrons. The van der Waals surface area contributed by atoms with Crippen molar-refractivity contribution < 1.29 is 9.90 Å². The van der Waals surface area contributed by atoms with Gasteiger partial charge in [0, 0.05) is 0 Å². The zero-order chi connectivity index (χ0) is 9.14. The van der Waals surface area contributed by atoms with E-state index in [9.17, 15) is 4.79 Å². The van der Waals surface area contributed by atoms with Crippen LogP contribution in [0.15, 0.2) is 24.3 Å². The lowest BCUT2D eigenvalue weighted by atomic mass is 10.0. The van der Waals surface area contributed by atoms with Crippen LogP contribution in [0.25, 0.3) is 0 Å². The number of hydrogen-bond acceptors (Lipinski definition) is 1. The van der Waals surface area contributed by atoms with Gasteiger partial charge in [0.25, 0.3) is 0 Å². The predicted octanol–water partition coefficient (Wildman–Crippen LogP) is 2.18. The Morgan fingerprint density at radius 2 is 1.83 bits per heavy atom. The second-order valence-corrected chi connectivity index (χ2v) is 2.97. The molecule has 1 atom stereocenters. The average molecular weight is 164 g/mol. The quantitative estimate of drug-likeness (QED) is 0.727. The molecule has 0 saturated heterocycles. The van der Waals surface area contributed by atoms with Crippen molar-refractivity contribution >= 4 is 5.97 Å². The number of rotatable bonds is 2. The van der Waals surface area contributed by atoms with Crippen LogP contribution < -0.4 is 0 Å². The van der Waals surface area contributed by atoms with E-state index in [1.165, 1.54) is 0 Å². The summed E-state index contributed by atoms with van der Waals surface area (Å²) in [6.07, 6.45) is 0. The summed E-state index contributed by atoms with van der Waals surface area (Å²) in [4.78, 5) is 10.6. The highest BCUT2D eigenvalue weighted by atomic mass is 16.4. The maximum absolute atomic E-state index is 10.6. The van der Waals surface area contributed by atoms with E-state index in [1.54, 1.807) is 6.92 Å². The molecule has 0 unspecified atom stereocenters. The number of carbonyl (C=O) groups is 1. The smallest absolute Gasteiger partial charge is 0.310 e. The van der Waals surface area contributed by atoms with Crippen LogP contribution in [0.4, 0.5) is 0 Å². The molecule has 1 rings (SSSR count). The summed E-state index contributed by atoms with van der Waals surface area (Å²) in [6, 6.07) is 7.56. The van der Waals surface area contributed by atoms with E-state index in [0.29, 0.717) is 0 Å². The molecule has 1 aromatic carbocycles. The minimum atomic E-state index is -0.779. The van der Waals surface area contributed by atoms with Gasteiger partial charge >= 0.3 is 5.97 Å². The fourth-order valence-corrected chi connectivity index (χ4v) is 0.998. The first-order valence-electron chi connectivity index (χ1n) is 3.90. The van der Waals surface area contributed by atoms with Gasteiger partial charge in [-0.2, -0.15) is 0 Å². The third-order valence-corrected chi connectivity index (χ3v) is 1.95. The van der Waals surface area contributed by atoms with Gasteiger partial charge in [-0.15, -0.1) is 0 Å². The van der Waals surface area contributed by atoms with Crippen molar-refractivity contribution in [2.45, 2.75) is 19.8 Å². The summed E-state index contributed by atoms with van der Waals surface area (Å²) < 4.78 is 0. The van der Waals surface area contributed by atoms with Crippen molar-refractivity contribution in [1.82, 2.24) is 0 Å². The molecule has 0 heterocycles. The van der Waals surface area contributed by atoms with Gasteiger partial charge < -0.3 is 5.11 Å². The number of benzene rings is 1. The van der Waals surface area contributed by atoms with Gasteiger partial charge in [0.2, 0.25) is 0 Å². The zero-order valence-electron chi connectivity index (χ0n) is 7.24. The molecule has 1 aromatic rings. The summed E-state index contributed by atoms with van der Waals surface area (Å²) in [7, 11) is 0. The first-order valence-corrected chi connectivity index (χ1v) is 3.90. The molecule has 1 N–H and O–H groups in total.